The van der Waals surface area contributed by atoms with Crippen LogP contribution in [0, 0.1) is 10.1 Å². The molecule has 92 valence electrons. The van der Waals surface area contributed by atoms with Crippen LogP contribution in [-0.4, -0.2) is 23.8 Å². The van der Waals surface area contributed by atoms with E-state index in [1.165, 1.54) is 19.2 Å². The van der Waals surface area contributed by atoms with Crippen molar-refractivity contribution in [1.29, 1.82) is 0 Å². The van der Waals surface area contributed by atoms with Crippen molar-refractivity contribution in [1.82, 2.24) is 0 Å². The molecule has 0 aliphatic rings. The zero-order chi connectivity index (χ0) is 13.0. The van der Waals surface area contributed by atoms with Gasteiger partial charge in [-0.3, -0.25) is 14.9 Å². The van der Waals surface area contributed by atoms with Crippen LogP contribution in [0.15, 0.2) is 21.5 Å². The van der Waals surface area contributed by atoms with Gasteiger partial charge in [0.1, 0.15) is 4.90 Å². The molecule has 0 fully saturated rings. The number of nitrogens with zero attached hydrogens (tertiary/aromatic N) is 1. The second kappa shape index (κ2) is 6.23. The number of thioether (sulfide) groups is 1. The molecule has 1 rings (SSSR count). The molecule has 0 heterocycles. The van der Waals surface area contributed by atoms with E-state index in [0.29, 0.717) is 9.37 Å². The van der Waals surface area contributed by atoms with Crippen LogP contribution in [0.2, 0.25) is 5.02 Å². The molecule has 0 amide bonds. The number of rotatable bonds is 4. The Balaban J connectivity index is 3.04. The normalized spacial score (nSPS) is 10.1. The number of carbonyl (C=O) groups excluding carboxylic acids is 1. The van der Waals surface area contributed by atoms with E-state index < -0.39 is 10.9 Å². The van der Waals surface area contributed by atoms with Crippen molar-refractivity contribution in [2.75, 3.05) is 12.9 Å². The van der Waals surface area contributed by atoms with Gasteiger partial charge in [-0.1, -0.05) is 11.6 Å². The molecule has 1 aromatic carbocycles. The molecule has 8 heteroatoms. The van der Waals surface area contributed by atoms with Crippen LogP contribution in [0.1, 0.15) is 0 Å². The molecule has 0 spiro atoms. The van der Waals surface area contributed by atoms with E-state index in [1.807, 2.05) is 0 Å². The van der Waals surface area contributed by atoms with Gasteiger partial charge in [0.2, 0.25) is 0 Å². The molecule has 0 aromatic heterocycles. The highest BCUT2D eigenvalue weighted by molar-refractivity contribution is 9.10. The first-order valence-corrected chi connectivity index (χ1v) is 6.44. The van der Waals surface area contributed by atoms with Gasteiger partial charge in [-0.25, -0.2) is 0 Å². The largest absolute Gasteiger partial charge is 0.468 e. The summed E-state index contributed by atoms with van der Waals surface area (Å²) >= 11 is 9.92. The third-order valence-corrected chi connectivity index (χ3v) is 3.95. The Hall–Kier alpha value is -0.790. The number of halogens is 2. The van der Waals surface area contributed by atoms with Crippen LogP contribution in [-0.2, 0) is 9.53 Å². The summed E-state index contributed by atoms with van der Waals surface area (Å²) in [6, 6.07) is 2.78. The molecule has 5 nitrogen and oxygen atoms in total. The van der Waals surface area contributed by atoms with Crippen molar-refractivity contribution in [3.05, 3.63) is 31.7 Å². The minimum absolute atomic E-state index is 0.00241. The van der Waals surface area contributed by atoms with E-state index in [0.717, 1.165) is 11.8 Å². The van der Waals surface area contributed by atoms with Gasteiger partial charge in [0, 0.05) is 15.6 Å². The van der Waals surface area contributed by atoms with Gasteiger partial charge in [0.15, 0.2) is 0 Å². The first kappa shape index (κ1) is 14.3. The lowest BCUT2D eigenvalue weighted by atomic mass is 10.3. The van der Waals surface area contributed by atoms with Crippen molar-refractivity contribution < 1.29 is 14.5 Å². The zero-order valence-electron chi connectivity index (χ0n) is 8.61. The molecule has 0 saturated heterocycles. The molecule has 0 radical (unpaired) electrons. The van der Waals surface area contributed by atoms with Crippen LogP contribution in [0.3, 0.4) is 0 Å². The molecule has 0 saturated carbocycles. The van der Waals surface area contributed by atoms with Gasteiger partial charge in [-0.2, -0.15) is 0 Å². The molecule has 0 aliphatic heterocycles. The van der Waals surface area contributed by atoms with Gasteiger partial charge in [0.05, 0.1) is 17.8 Å². The number of hydrogen-bond donors (Lipinski definition) is 0. The Morgan fingerprint density at radius 1 is 1.65 bits per heavy atom. The quantitative estimate of drug-likeness (QED) is 0.364. The monoisotopic (exact) mass is 339 g/mol. The average Bonchev–Trinajstić information content (AvgIpc) is 2.26. The average molecular weight is 341 g/mol. The van der Waals surface area contributed by atoms with Crippen LogP contribution >= 0.6 is 39.3 Å². The van der Waals surface area contributed by atoms with Gasteiger partial charge >= 0.3 is 5.97 Å². The Labute approximate surface area is 115 Å². The number of nitro groups is 1. The van der Waals surface area contributed by atoms with E-state index in [2.05, 4.69) is 20.7 Å². The molecule has 0 bridgehead atoms. The van der Waals surface area contributed by atoms with Gasteiger partial charge in [0.25, 0.3) is 5.69 Å². The summed E-state index contributed by atoms with van der Waals surface area (Å²) in [5.41, 5.74) is -0.140. The predicted molar refractivity (Wildman–Crippen MR) is 68.5 cm³/mol. The lowest BCUT2D eigenvalue weighted by Gasteiger charge is -2.05. The number of nitro benzene ring substituents is 1. The van der Waals surface area contributed by atoms with Crippen molar-refractivity contribution in [2.45, 2.75) is 4.90 Å². The third kappa shape index (κ3) is 3.86. The minimum Gasteiger partial charge on any atom is -0.468 e. The summed E-state index contributed by atoms with van der Waals surface area (Å²) in [5, 5.41) is 11.1. The zero-order valence-corrected chi connectivity index (χ0v) is 11.8. The smallest absolute Gasteiger partial charge is 0.315 e. The standard InChI is InChI=1S/C9H7BrClNO4S/c1-16-8(13)4-17-9-6(10)2-5(11)3-7(9)12(14)15/h2-3H,4H2,1H3. The third-order valence-electron chi connectivity index (χ3n) is 1.75. The SMILES string of the molecule is COC(=O)CSc1c(Br)cc(Cl)cc1[N+](=O)[O-]. The molecule has 0 unspecified atom stereocenters. The molecule has 17 heavy (non-hydrogen) atoms. The summed E-state index contributed by atoms with van der Waals surface area (Å²) in [5.74, 6) is -0.455. The van der Waals surface area contributed by atoms with E-state index >= 15 is 0 Å². The molecular weight excluding hydrogens is 334 g/mol. The Morgan fingerprint density at radius 3 is 2.82 bits per heavy atom. The number of methoxy groups -OCH3 is 1. The van der Waals surface area contributed by atoms with Crippen molar-refractivity contribution >= 4 is 50.9 Å². The fraction of sp³-hybridized carbons (Fsp3) is 0.222. The fourth-order valence-corrected chi connectivity index (χ4v) is 3.01. The Morgan fingerprint density at radius 2 is 2.29 bits per heavy atom. The van der Waals surface area contributed by atoms with Crippen LogP contribution in [0.25, 0.3) is 0 Å². The van der Waals surface area contributed by atoms with Gasteiger partial charge < -0.3 is 4.74 Å². The number of benzene rings is 1. The second-order valence-electron chi connectivity index (χ2n) is 2.86. The second-order valence-corrected chi connectivity index (χ2v) is 5.13. The summed E-state index contributed by atoms with van der Waals surface area (Å²) < 4.78 is 4.94. The fourth-order valence-electron chi connectivity index (χ4n) is 1.02. The van der Waals surface area contributed by atoms with E-state index in [4.69, 9.17) is 11.6 Å². The van der Waals surface area contributed by atoms with Crippen molar-refractivity contribution in [2.24, 2.45) is 0 Å². The van der Waals surface area contributed by atoms with Crippen LogP contribution in [0.5, 0.6) is 0 Å². The van der Waals surface area contributed by atoms with Crippen LogP contribution in [0.4, 0.5) is 5.69 Å². The van der Waals surface area contributed by atoms with Gasteiger partial charge in [-0.05, 0) is 22.0 Å². The lowest BCUT2D eigenvalue weighted by molar-refractivity contribution is -0.387. The highest BCUT2D eigenvalue weighted by atomic mass is 79.9. The maximum Gasteiger partial charge on any atom is 0.315 e. The number of hydrogen-bond acceptors (Lipinski definition) is 5. The summed E-state index contributed by atoms with van der Waals surface area (Å²) in [4.78, 5) is 21.6. The van der Waals surface area contributed by atoms with Crippen molar-refractivity contribution in [3.63, 3.8) is 0 Å². The number of carbonyl (C=O) groups is 1. The Kier molecular flexibility index (Phi) is 5.23. The summed E-state index contributed by atoms with van der Waals surface area (Å²) in [6.07, 6.45) is 0. The maximum absolute atomic E-state index is 11.0. The molecular formula is C9H7BrClNO4S. The number of ether oxygens (including phenoxy) is 1. The first-order valence-electron chi connectivity index (χ1n) is 4.28. The number of esters is 1. The first-order chi connectivity index (χ1) is 7.95. The Bertz CT molecular complexity index is 469. The molecule has 0 N–H and O–H groups in total. The topological polar surface area (TPSA) is 69.4 Å². The highest BCUT2D eigenvalue weighted by Crippen LogP contribution is 2.38. The van der Waals surface area contributed by atoms with Crippen molar-refractivity contribution in [3.8, 4) is 0 Å². The van der Waals surface area contributed by atoms with Crippen LogP contribution < -0.4 is 0 Å². The molecule has 1 aromatic rings. The van der Waals surface area contributed by atoms with Gasteiger partial charge in [-0.15, -0.1) is 11.8 Å². The summed E-state index contributed by atoms with van der Waals surface area (Å²) in [6.45, 7) is 0. The summed E-state index contributed by atoms with van der Waals surface area (Å²) in [7, 11) is 1.26. The van der Waals surface area contributed by atoms with E-state index in [-0.39, 0.29) is 16.5 Å². The van der Waals surface area contributed by atoms with E-state index in [9.17, 15) is 14.9 Å². The minimum atomic E-state index is -0.545. The maximum atomic E-state index is 11.0. The highest BCUT2D eigenvalue weighted by Gasteiger charge is 2.19. The predicted octanol–water partition coefficient (Wildman–Crippen LogP) is 3.28. The lowest BCUT2D eigenvalue weighted by Crippen LogP contribution is -2.03. The molecule has 0 atom stereocenters. The molecule has 0 aliphatic carbocycles. The van der Waals surface area contributed by atoms with E-state index in [1.54, 1.807) is 0 Å².